The molecule has 6 nitrogen and oxygen atoms in total. The summed E-state index contributed by atoms with van der Waals surface area (Å²) >= 11 is 0. The number of hydrogen-bond donors (Lipinski definition) is 0. The predicted molar refractivity (Wildman–Crippen MR) is 71.4 cm³/mol. The average molecular weight is 262 g/mol. The lowest BCUT2D eigenvalue weighted by Gasteiger charge is -2.29. The minimum atomic E-state index is -0.345. The van der Waals surface area contributed by atoms with E-state index in [1.807, 2.05) is 5.01 Å². The molecule has 2 rings (SSSR count). The first-order valence-electron chi connectivity index (χ1n) is 6.22. The molecular formula is C13H18N4O2. The molecule has 1 heterocycles. The van der Waals surface area contributed by atoms with Gasteiger partial charge in [-0.1, -0.05) is 5.22 Å². The van der Waals surface area contributed by atoms with Crippen LogP contribution in [-0.4, -0.2) is 56.2 Å². The largest absolute Gasteiger partial charge is 0.465 e. The molecule has 1 saturated heterocycles. The molecule has 1 aromatic carbocycles. The van der Waals surface area contributed by atoms with Crippen LogP contribution in [0.4, 0.5) is 5.69 Å². The maximum atomic E-state index is 11.3. The number of ether oxygens (including phenoxy) is 1. The standard InChI is InChI=1S/C13H18N4O2/c1-16-7-9-17(10-8-16)15-14-12-5-3-11(4-6-12)13(18)19-2/h3-6H,7-10H2,1-2H3. The van der Waals surface area contributed by atoms with Crippen molar-refractivity contribution in [2.45, 2.75) is 0 Å². The summed E-state index contributed by atoms with van der Waals surface area (Å²) in [6.45, 7) is 3.78. The van der Waals surface area contributed by atoms with Crippen LogP contribution in [0.1, 0.15) is 10.4 Å². The summed E-state index contributed by atoms with van der Waals surface area (Å²) < 4.78 is 4.64. The van der Waals surface area contributed by atoms with Gasteiger partial charge in [-0.3, -0.25) is 5.01 Å². The normalized spacial score (nSPS) is 16.8. The Morgan fingerprint density at radius 1 is 1.16 bits per heavy atom. The fourth-order valence-corrected chi connectivity index (χ4v) is 1.78. The SMILES string of the molecule is COC(=O)c1ccc(N=NN2CCN(C)CC2)cc1. The van der Waals surface area contributed by atoms with Gasteiger partial charge >= 0.3 is 5.97 Å². The lowest BCUT2D eigenvalue weighted by Crippen LogP contribution is -2.41. The summed E-state index contributed by atoms with van der Waals surface area (Å²) in [4.78, 5) is 13.5. The Balaban J connectivity index is 1.94. The van der Waals surface area contributed by atoms with Gasteiger partial charge in [0.15, 0.2) is 0 Å². The second-order valence-electron chi connectivity index (χ2n) is 4.48. The van der Waals surface area contributed by atoms with Crippen LogP contribution in [0.3, 0.4) is 0 Å². The van der Waals surface area contributed by atoms with Crippen LogP contribution in [0, 0.1) is 0 Å². The Kier molecular flexibility index (Phi) is 4.46. The average Bonchev–Trinajstić information content (AvgIpc) is 2.46. The highest BCUT2D eigenvalue weighted by Crippen LogP contribution is 2.15. The molecule has 1 aromatic rings. The summed E-state index contributed by atoms with van der Waals surface area (Å²) in [7, 11) is 3.46. The number of methoxy groups -OCH3 is 1. The molecule has 102 valence electrons. The van der Waals surface area contributed by atoms with Crippen molar-refractivity contribution in [3.8, 4) is 0 Å². The third-order valence-corrected chi connectivity index (χ3v) is 3.05. The van der Waals surface area contributed by atoms with Gasteiger partial charge in [0.25, 0.3) is 0 Å². The molecule has 0 aromatic heterocycles. The minimum absolute atomic E-state index is 0.345. The van der Waals surface area contributed by atoms with E-state index >= 15 is 0 Å². The number of likely N-dealkylation sites (N-methyl/N-ethyl adjacent to an activating group) is 1. The molecule has 1 aliphatic rings. The molecule has 0 atom stereocenters. The molecule has 0 spiro atoms. The Hall–Kier alpha value is -1.95. The molecule has 19 heavy (non-hydrogen) atoms. The second kappa shape index (κ2) is 6.29. The highest BCUT2D eigenvalue weighted by Gasteiger charge is 2.11. The first-order valence-corrected chi connectivity index (χ1v) is 6.22. The van der Waals surface area contributed by atoms with Gasteiger partial charge in [0, 0.05) is 13.1 Å². The lowest BCUT2D eigenvalue weighted by atomic mass is 10.2. The van der Waals surface area contributed by atoms with Crippen molar-refractivity contribution >= 4 is 11.7 Å². The van der Waals surface area contributed by atoms with Gasteiger partial charge in [-0.25, -0.2) is 4.79 Å². The third-order valence-electron chi connectivity index (χ3n) is 3.05. The molecule has 1 fully saturated rings. The van der Waals surface area contributed by atoms with E-state index in [0.717, 1.165) is 31.9 Å². The fourth-order valence-electron chi connectivity index (χ4n) is 1.78. The maximum absolute atomic E-state index is 11.3. The smallest absolute Gasteiger partial charge is 0.337 e. The Labute approximate surface area is 112 Å². The molecule has 0 saturated carbocycles. The number of carbonyl (C=O) groups is 1. The number of rotatable bonds is 3. The molecule has 1 aliphatic heterocycles. The highest BCUT2D eigenvalue weighted by atomic mass is 16.5. The van der Waals surface area contributed by atoms with Gasteiger partial charge in [0.05, 0.1) is 31.5 Å². The van der Waals surface area contributed by atoms with Crippen molar-refractivity contribution < 1.29 is 9.53 Å². The molecular weight excluding hydrogens is 244 g/mol. The molecule has 0 radical (unpaired) electrons. The quantitative estimate of drug-likeness (QED) is 0.615. The van der Waals surface area contributed by atoms with E-state index in [4.69, 9.17) is 0 Å². The van der Waals surface area contributed by atoms with Crippen molar-refractivity contribution in [1.82, 2.24) is 9.91 Å². The number of hydrogen-bond acceptors (Lipinski definition) is 5. The monoisotopic (exact) mass is 262 g/mol. The zero-order valence-corrected chi connectivity index (χ0v) is 11.2. The highest BCUT2D eigenvalue weighted by molar-refractivity contribution is 5.89. The molecule has 6 heteroatoms. The van der Waals surface area contributed by atoms with Gasteiger partial charge < -0.3 is 9.64 Å². The number of nitrogens with zero attached hydrogens (tertiary/aromatic N) is 4. The van der Waals surface area contributed by atoms with Gasteiger partial charge in [0.2, 0.25) is 0 Å². The first kappa shape index (κ1) is 13.5. The summed E-state index contributed by atoms with van der Waals surface area (Å²) in [5.74, 6) is -0.345. The van der Waals surface area contributed by atoms with E-state index in [1.165, 1.54) is 7.11 Å². The van der Waals surface area contributed by atoms with Crippen molar-refractivity contribution in [3.63, 3.8) is 0 Å². The summed E-state index contributed by atoms with van der Waals surface area (Å²) in [6, 6.07) is 6.88. The minimum Gasteiger partial charge on any atom is -0.465 e. The molecule has 0 bridgehead atoms. The molecule has 0 N–H and O–H groups in total. The van der Waals surface area contributed by atoms with Crippen LogP contribution in [0.25, 0.3) is 0 Å². The lowest BCUT2D eigenvalue weighted by molar-refractivity contribution is 0.0601. The van der Waals surface area contributed by atoms with Gasteiger partial charge in [-0.05, 0) is 31.3 Å². The predicted octanol–water partition coefficient (Wildman–Crippen LogP) is 1.72. The number of carbonyl (C=O) groups excluding carboxylic acids is 1. The van der Waals surface area contributed by atoms with Crippen LogP contribution < -0.4 is 0 Å². The summed E-state index contributed by atoms with van der Waals surface area (Å²) in [5.41, 5.74) is 1.24. The number of benzene rings is 1. The topological polar surface area (TPSA) is 57.5 Å². The molecule has 0 aliphatic carbocycles. The van der Waals surface area contributed by atoms with Gasteiger partial charge in [-0.2, -0.15) is 0 Å². The van der Waals surface area contributed by atoms with Gasteiger partial charge in [-0.15, -0.1) is 5.11 Å². The van der Waals surface area contributed by atoms with Crippen LogP contribution in [-0.2, 0) is 4.74 Å². The zero-order valence-electron chi connectivity index (χ0n) is 11.2. The van der Waals surface area contributed by atoms with E-state index in [0.29, 0.717) is 5.56 Å². The van der Waals surface area contributed by atoms with Crippen molar-refractivity contribution in [2.24, 2.45) is 10.3 Å². The Morgan fingerprint density at radius 2 is 1.79 bits per heavy atom. The maximum Gasteiger partial charge on any atom is 0.337 e. The second-order valence-corrected chi connectivity index (χ2v) is 4.48. The molecule has 0 amide bonds. The third kappa shape index (κ3) is 3.75. The summed E-state index contributed by atoms with van der Waals surface area (Å²) in [6.07, 6.45) is 0. The Morgan fingerprint density at radius 3 is 2.37 bits per heavy atom. The zero-order chi connectivity index (χ0) is 13.7. The summed E-state index contributed by atoms with van der Waals surface area (Å²) in [5, 5.41) is 10.3. The van der Waals surface area contributed by atoms with Crippen molar-refractivity contribution in [1.29, 1.82) is 0 Å². The number of esters is 1. The van der Waals surface area contributed by atoms with E-state index in [2.05, 4.69) is 27.0 Å². The van der Waals surface area contributed by atoms with Crippen LogP contribution in [0.2, 0.25) is 0 Å². The Bertz CT molecular complexity index is 450. The first-order chi connectivity index (χ1) is 9.19. The van der Waals surface area contributed by atoms with E-state index in [-0.39, 0.29) is 5.97 Å². The van der Waals surface area contributed by atoms with Crippen LogP contribution in [0.5, 0.6) is 0 Å². The van der Waals surface area contributed by atoms with Crippen LogP contribution in [0.15, 0.2) is 34.6 Å². The number of piperazine rings is 1. The van der Waals surface area contributed by atoms with Crippen molar-refractivity contribution in [2.75, 3.05) is 40.3 Å². The van der Waals surface area contributed by atoms with Crippen molar-refractivity contribution in [3.05, 3.63) is 29.8 Å². The van der Waals surface area contributed by atoms with E-state index in [1.54, 1.807) is 24.3 Å². The van der Waals surface area contributed by atoms with E-state index in [9.17, 15) is 4.79 Å². The fraction of sp³-hybridized carbons (Fsp3) is 0.462. The van der Waals surface area contributed by atoms with Crippen LogP contribution >= 0.6 is 0 Å². The van der Waals surface area contributed by atoms with E-state index < -0.39 is 0 Å². The molecule has 0 unspecified atom stereocenters. The van der Waals surface area contributed by atoms with Gasteiger partial charge in [0.1, 0.15) is 0 Å².